The van der Waals surface area contributed by atoms with Gasteiger partial charge in [0.1, 0.15) is 5.82 Å². The highest BCUT2D eigenvalue weighted by Gasteiger charge is 2.41. The Kier molecular flexibility index (Phi) is 3.84. The summed E-state index contributed by atoms with van der Waals surface area (Å²) in [6, 6.07) is 0. The average Bonchev–Trinajstić information content (AvgIpc) is 2.27. The first-order chi connectivity index (χ1) is 8.21. The van der Waals surface area contributed by atoms with E-state index < -0.39 is 24.6 Å². The molecular formula is C9H8F3N3O3. The number of hydrogen-bond donors (Lipinski definition) is 1. The summed E-state index contributed by atoms with van der Waals surface area (Å²) >= 11 is 0. The third kappa shape index (κ3) is 3.40. The molecule has 1 amide bonds. The van der Waals surface area contributed by atoms with Crippen LogP contribution in [0, 0.1) is 0 Å². The number of carbonyl (C=O) groups excluding carboxylic acids is 1. The summed E-state index contributed by atoms with van der Waals surface area (Å²) in [7, 11) is 0.949. The topological polar surface area (TPSA) is 83.4 Å². The van der Waals surface area contributed by atoms with Crippen molar-refractivity contribution in [1.82, 2.24) is 14.9 Å². The predicted molar refractivity (Wildman–Crippen MR) is 51.5 cm³/mol. The first-order valence-electron chi connectivity index (χ1n) is 4.58. The molecule has 0 saturated heterocycles. The van der Waals surface area contributed by atoms with Crippen molar-refractivity contribution in [3.05, 3.63) is 23.8 Å². The molecule has 1 aromatic heterocycles. The molecule has 1 aromatic rings. The minimum absolute atomic E-state index is 0.0832. The van der Waals surface area contributed by atoms with Gasteiger partial charge in [0.2, 0.25) is 0 Å². The molecule has 0 radical (unpaired) electrons. The molecule has 0 bridgehead atoms. The molecule has 0 saturated carbocycles. The highest BCUT2D eigenvalue weighted by atomic mass is 19.4. The van der Waals surface area contributed by atoms with Crippen LogP contribution in [0.25, 0.3) is 0 Å². The quantitative estimate of drug-likeness (QED) is 0.867. The number of halogens is 3. The van der Waals surface area contributed by atoms with Crippen LogP contribution in [-0.4, -0.2) is 45.1 Å². The van der Waals surface area contributed by atoms with Crippen LogP contribution in [0.5, 0.6) is 0 Å². The van der Waals surface area contributed by atoms with E-state index in [1.807, 2.05) is 0 Å². The highest BCUT2D eigenvalue weighted by Crippen LogP contribution is 2.18. The van der Waals surface area contributed by atoms with Gasteiger partial charge in [-0.3, -0.25) is 4.79 Å². The van der Waals surface area contributed by atoms with Gasteiger partial charge in [-0.05, 0) is 0 Å². The number of aromatic carboxylic acids is 1. The molecule has 0 unspecified atom stereocenters. The number of amides is 1. The van der Waals surface area contributed by atoms with Gasteiger partial charge >= 0.3 is 18.1 Å². The van der Waals surface area contributed by atoms with Gasteiger partial charge in [0, 0.05) is 19.4 Å². The van der Waals surface area contributed by atoms with Crippen LogP contribution in [0.2, 0.25) is 0 Å². The minimum Gasteiger partial charge on any atom is -0.478 e. The van der Waals surface area contributed by atoms with Gasteiger partial charge in [0.15, 0.2) is 0 Å². The Morgan fingerprint density at radius 1 is 1.33 bits per heavy atom. The number of alkyl halides is 3. The lowest BCUT2D eigenvalue weighted by atomic mass is 10.3. The summed E-state index contributed by atoms with van der Waals surface area (Å²) in [4.78, 5) is 28.8. The first kappa shape index (κ1) is 13.9. The summed E-state index contributed by atoms with van der Waals surface area (Å²) in [5, 5.41) is 8.56. The molecule has 0 aliphatic heterocycles. The van der Waals surface area contributed by atoms with Crippen LogP contribution >= 0.6 is 0 Å². The summed E-state index contributed by atoms with van der Waals surface area (Å²) in [6.07, 6.45) is -3.05. The fourth-order valence-electron chi connectivity index (χ4n) is 1.05. The Bertz CT molecular complexity index is 458. The van der Waals surface area contributed by atoms with Gasteiger partial charge in [-0.15, -0.1) is 0 Å². The maximum atomic E-state index is 12.1. The van der Waals surface area contributed by atoms with Gasteiger partial charge in [-0.1, -0.05) is 0 Å². The van der Waals surface area contributed by atoms with Crippen molar-refractivity contribution in [1.29, 1.82) is 0 Å². The predicted octanol–water partition coefficient (Wildman–Crippen LogP) is 0.696. The van der Waals surface area contributed by atoms with Gasteiger partial charge in [-0.25, -0.2) is 14.8 Å². The van der Waals surface area contributed by atoms with Gasteiger partial charge in [0.05, 0.1) is 12.1 Å². The van der Waals surface area contributed by atoms with Crippen molar-refractivity contribution in [2.24, 2.45) is 0 Å². The Hall–Kier alpha value is -2.19. The Morgan fingerprint density at radius 2 is 1.83 bits per heavy atom. The SMILES string of the molecule is CN(Cc1ncc(C(=O)O)cn1)C(=O)C(F)(F)F. The molecular weight excluding hydrogens is 255 g/mol. The molecule has 0 aromatic carbocycles. The van der Waals surface area contributed by atoms with Crippen LogP contribution in [-0.2, 0) is 11.3 Å². The normalized spacial score (nSPS) is 11.1. The van der Waals surface area contributed by atoms with E-state index in [0.717, 1.165) is 19.4 Å². The minimum atomic E-state index is -4.96. The molecule has 98 valence electrons. The average molecular weight is 263 g/mol. The lowest BCUT2D eigenvalue weighted by Gasteiger charge is -2.17. The summed E-state index contributed by atoms with van der Waals surface area (Å²) in [5.41, 5.74) is -0.191. The Balaban J connectivity index is 2.74. The molecule has 0 atom stereocenters. The maximum Gasteiger partial charge on any atom is 0.471 e. The first-order valence-corrected chi connectivity index (χ1v) is 4.58. The number of hydrogen-bond acceptors (Lipinski definition) is 4. The molecule has 6 nitrogen and oxygen atoms in total. The van der Waals surface area contributed by atoms with Crippen molar-refractivity contribution >= 4 is 11.9 Å². The van der Waals surface area contributed by atoms with Crippen molar-refractivity contribution in [2.45, 2.75) is 12.7 Å². The largest absolute Gasteiger partial charge is 0.478 e. The van der Waals surface area contributed by atoms with Crippen LogP contribution in [0.4, 0.5) is 13.2 Å². The highest BCUT2D eigenvalue weighted by molar-refractivity contribution is 5.86. The molecule has 18 heavy (non-hydrogen) atoms. The number of carboxylic acid groups (broad SMARTS) is 1. The molecule has 0 aliphatic rings. The summed E-state index contributed by atoms with van der Waals surface area (Å²) in [5.74, 6) is -3.35. The fourth-order valence-corrected chi connectivity index (χ4v) is 1.05. The fraction of sp³-hybridized carbons (Fsp3) is 0.333. The third-order valence-electron chi connectivity index (χ3n) is 1.92. The van der Waals surface area contributed by atoms with Crippen LogP contribution in [0.1, 0.15) is 16.2 Å². The molecule has 1 N–H and O–H groups in total. The second-order valence-electron chi connectivity index (χ2n) is 3.35. The molecule has 1 heterocycles. The lowest BCUT2D eigenvalue weighted by molar-refractivity contribution is -0.184. The van der Waals surface area contributed by atoms with E-state index in [0.29, 0.717) is 4.90 Å². The van der Waals surface area contributed by atoms with Crippen LogP contribution < -0.4 is 0 Å². The van der Waals surface area contributed by atoms with Gasteiger partial charge < -0.3 is 10.0 Å². The van der Waals surface area contributed by atoms with Gasteiger partial charge in [0.25, 0.3) is 0 Å². The van der Waals surface area contributed by atoms with E-state index >= 15 is 0 Å². The van der Waals surface area contributed by atoms with Crippen LogP contribution in [0.3, 0.4) is 0 Å². The second kappa shape index (κ2) is 4.98. The zero-order chi connectivity index (χ0) is 13.9. The standard InChI is InChI=1S/C9H8F3N3O3/c1-15(8(18)9(10,11)12)4-6-13-2-5(3-14-6)7(16)17/h2-3H,4H2,1H3,(H,16,17). The Morgan fingerprint density at radius 3 is 2.22 bits per heavy atom. The molecule has 0 spiro atoms. The number of nitrogens with zero attached hydrogens (tertiary/aromatic N) is 3. The van der Waals surface area contributed by atoms with Gasteiger partial charge in [-0.2, -0.15) is 13.2 Å². The monoisotopic (exact) mass is 263 g/mol. The molecule has 0 aliphatic carbocycles. The van der Waals surface area contributed by atoms with Crippen LogP contribution in [0.15, 0.2) is 12.4 Å². The lowest BCUT2D eigenvalue weighted by Crippen LogP contribution is -2.38. The third-order valence-corrected chi connectivity index (χ3v) is 1.92. The number of carbonyl (C=O) groups is 2. The van der Waals surface area contributed by atoms with E-state index in [-0.39, 0.29) is 11.4 Å². The van der Waals surface area contributed by atoms with E-state index in [1.165, 1.54) is 0 Å². The van der Waals surface area contributed by atoms with Crippen molar-refractivity contribution < 1.29 is 27.9 Å². The Labute approximate surface area is 99.1 Å². The zero-order valence-electron chi connectivity index (χ0n) is 9.10. The zero-order valence-corrected chi connectivity index (χ0v) is 9.10. The van der Waals surface area contributed by atoms with E-state index in [1.54, 1.807) is 0 Å². The molecule has 9 heteroatoms. The molecule has 0 fully saturated rings. The van der Waals surface area contributed by atoms with Crippen molar-refractivity contribution in [2.75, 3.05) is 7.05 Å². The number of aromatic nitrogens is 2. The number of rotatable bonds is 3. The van der Waals surface area contributed by atoms with Crippen molar-refractivity contribution in [3.8, 4) is 0 Å². The van der Waals surface area contributed by atoms with Crippen molar-refractivity contribution in [3.63, 3.8) is 0 Å². The second-order valence-corrected chi connectivity index (χ2v) is 3.35. The molecule has 1 rings (SSSR count). The summed E-state index contributed by atoms with van der Waals surface area (Å²) < 4.78 is 36.2. The maximum absolute atomic E-state index is 12.1. The van der Waals surface area contributed by atoms with E-state index in [4.69, 9.17) is 5.11 Å². The smallest absolute Gasteiger partial charge is 0.471 e. The van der Waals surface area contributed by atoms with E-state index in [9.17, 15) is 22.8 Å². The summed E-state index contributed by atoms with van der Waals surface area (Å²) in [6.45, 7) is -0.460. The number of carboxylic acids is 1. The van der Waals surface area contributed by atoms with E-state index in [2.05, 4.69) is 9.97 Å².